The fraction of sp³-hybridized carbons (Fsp3) is 0.250. The van der Waals surface area contributed by atoms with Gasteiger partial charge in [-0.15, -0.1) is 0 Å². The summed E-state index contributed by atoms with van der Waals surface area (Å²) in [7, 11) is 0. The van der Waals surface area contributed by atoms with E-state index in [0.717, 1.165) is 29.1 Å². The number of aryl methyl sites for hydroxylation is 2. The minimum Gasteiger partial charge on any atom is -0.487 e. The van der Waals surface area contributed by atoms with E-state index in [1.807, 2.05) is 26.0 Å². The zero-order valence-electron chi connectivity index (χ0n) is 11.6. The molecule has 0 saturated carbocycles. The number of hydrogen-bond donors (Lipinski definition) is 1. The van der Waals surface area contributed by atoms with Gasteiger partial charge in [-0.2, -0.15) is 0 Å². The minimum atomic E-state index is -0.923. The summed E-state index contributed by atoms with van der Waals surface area (Å²) >= 11 is 0. The third kappa shape index (κ3) is 3.35. The van der Waals surface area contributed by atoms with Crippen LogP contribution in [0.25, 0.3) is 0 Å². The van der Waals surface area contributed by atoms with Crippen LogP contribution in [0.2, 0.25) is 0 Å². The van der Waals surface area contributed by atoms with Crippen molar-refractivity contribution in [2.24, 2.45) is 0 Å². The lowest BCUT2D eigenvalue weighted by Crippen LogP contribution is -2.02. The number of aromatic nitrogens is 1. The first-order valence-corrected chi connectivity index (χ1v) is 6.51. The Hall–Kier alpha value is -2.36. The second-order valence-corrected chi connectivity index (χ2v) is 4.54. The van der Waals surface area contributed by atoms with Gasteiger partial charge in [-0.05, 0) is 43.2 Å². The Morgan fingerprint density at radius 1 is 1.20 bits per heavy atom. The topological polar surface area (TPSA) is 59.4 Å². The van der Waals surface area contributed by atoms with E-state index in [1.54, 1.807) is 24.3 Å². The molecule has 1 heterocycles. The number of carbonyl (C=O) groups is 1. The van der Waals surface area contributed by atoms with Crippen LogP contribution in [-0.2, 0) is 13.0 Å². The second kappa shape index (κ2) is 6.19. The molecule has 0 saturated heterocycles. The SMILES string of the molecule is CCc1nc(C)ccc1OCc1ccc(C(=O)O)cc1. The molecule has 0 amide bonds. The Morgan fingerprint density at radius 2 is 1.90 bits per heavy atom. The summed E-state index contributed by atoms with van der Waals surface area (Å²) in [5.74, 6) is -0.145. The molecule has 0 spiro atoms. The van der Waals surface area contributed by atoms with Gasteiger partial charge < -0.3 is 9.84 Å². The van der Waals surface area contributed by atoms with Crippen LogP contribution in [0, 0.1) is 6.92 Å². The molecule has 0 aliphatic carbocycles. The van der Waals surface area contributed by atoms with Crippen molar-refractivity contribution in [1.82, 2.24) is 4.98 Å². The third-order valence-corrected chi connectivity index (χ3v) is 3.00. The number of rotatable bonds is 5. The number of aromatic carboxylic acids is 1. The molecule has 4 heteroatoms. The van der Waals surface area contributed by atoms with Gasteiger partial charge >= 0.3 is 5.97 Å². The number of hydrogen-bond acceptors (Lipinski definition) is 3. The highest BCUT2D eigenvalue weighted by molar-refractivity contribution is 5.87. The van der Waals surface area contributed by atoms with E-state index in [1.165, 1.54) is 0 Å². The first kappa shape index (κ1) is 14.1. The van der Waals surface area contributed by atoms with E-state index in [-0.39, 0.29) is 5.56 Å². The summed E-state index contributed by atoms with van der Waals surface area (Å²) in [4.78, 5) is 15.2. The third-order valence-electron chi connectivity index (χ3n) is 3.00. The van der Waals surface area contributed by atoms with Crippen molar-refractivity contribution in [3.05, 3.63) is 58.9 Å². The normalized spacial score (nSPS) is 10.3. The first-order chi connectivity index (χ1) is 9.60. The molecular formula is C16H17NO3. The van der Waals surface area contributed by atoms with Gasteiger partial charge in [-0.3, -0.25) is 4.98 Å². The Morgan fingerprint density at radius 3 is 2.50 bits per heavy atom. The van der Waals surface area contributed by atoms with Crippen LogP contribution in [0.1, 0.15) is 34.2 Å². The lowest BCUT2D eigenvalue weighted by atomic mass is 10.1. The van der Waals surface area contributed by atoms with Crippen molar-refractivity contribution < 1.29 is 14.6 Å². The van der Waals surface area contributed by atoms with Crippen LogP contribution < -0.4 is 4.74 Å². The summed E-state index contributed by atoms with van der Waals surface area (Å²) in [5.41, 5.74) is 3.12. The summed E-state index contributed by atoms with van der Waals surface area (Å²) in [6.45, 7) is 4.39. The molecule has 1 aromatic carbocycles. The molecule has 0 unspecified atom stereocenters. The molecular weight excluding hydrogens is 254 g/mol. The zero-order valence-corrected chi connectivity index (χ0v) is 11.6. The van der Waals surface area contributed by atoms with Crippen LogP contribution in [0.15, 0.2) is 36.4 Å². The Labute approximate surface area is 118 Å². The maximum atomic E-state index is 10.8. The Balaban J connectivity index is 2.06. The Bertz CT molecular complexity index is 606. The summed E-state index contributed by atoms with van der Waals surface area (Å²) in [6.07, 6.45) is 0.814. The van der Waals surface area contributed by atoms with Gasteiger partial charge in [0.15, 0.2) is 0 Å². The van der Waals surface area contributed by atoms with Crippen molar-refractivity contribution in [2.45, 2.75) is 26.9 Å². The highest BCUT2D eigenvalue weighted by Gasteiger charge is 2.05. The zero-order chi connectivity index (χ0) is 14.5. The molecule has 2 rings (SSSR count). The van der Waals surface area contributed by atoms with E-state index in [0.29, 0.717) is 6.61 Å². The largest absolute Gasteiger partial charge is 0.487 e. The smallest absolute Gasteiger partial charge is 0.335 e. The summed E-state index contributed by atoms with van der Waals surface area (Å²) in [5, 5.41) is 8.84. The van der Waals surface area contributed by atoms with Gasteiger partial charge in [0.05, 0.1) is 11.3 Å². The highest BCUT2D eigenvalue weighted by atomic mass is 16.5. The first-order valence-electron chi connectivity index (χ1n) is 6.51. The maximum absolute atomic E-state index is 10.8. The van der Waals surface area contributed by atoms with Gasteiger partial charge in [0.25, 0.3) is 0 Å². The van der Waals surface area contributed by atoms with E-state index < -0.39 is 5.97 Å². The molecule has 0 atom stereocenters. The minimum absolute atomic E-state index is 0.278. The number of nitrogens with zero attached hydrogens (tertiary/aromatic N) is 1. The standard InChI is InChI=1S/C16H17NO3/c1-3-14-15(9-4-11(2)17-14)20-10-12-5-7-13(8-6-12)16(18)19/h4-9H,3,10H2,1-2H3,(H,18,19). The van der Waals surface area contributed by atoms with Gasteiger partial charge in [0.2, 0.25) is 0 Å². The predicted octanol–water partition coefficient (Wildman–Crippen LogP) is 3.23. The van der Waals surface area contributed by atoms with E-state index in [4.69, 9.17) is 9.84 Å². The second-order valence-electron chi connectivity index (χ2n) is 4.54. The van der Waals surface area contributed by atoms with E-state index in [9.17, 15) is 4.79 Å². The predicted molar refractivity (Wildman–Crippen MR) is 76.1 cm³/mol. The fourth-order valence-corrected chi connectivity index (χ4v) is 1.89. The molecule has 0 aliphatic heterocycles. The lowest BCUT2D eigenvalue weighted by Gasteiger charge is -2.10. The number of carboxylic acids is 1. The van der Waals surface area contributed by atoms with Crippen molar-refractivity contribution in [2.75, 3.05) is 0 Å². The van der Waals surface area contributed by atoms with Gasteiger partial charge in [-0.1, -0.05) is 19.1 Å². The van der Waals surface area contributed by atoms with Crippen LogP contribution in [0.5, 0.6) is 5.75 Å². The Kier molecular flexibility index (Phi) is 4.35. The van der Waals surface area contributed by atoms with Gasteiger partial charge in [0, 0.05) is 5.69 Å². The van der Waals surface area contributed by atoms with Gasteiger partial charge in [-0.25, -0.2) is 4.79 Å². The monoisotopic (exact) mass is 271 g/mol. The molecule has 20 heavy (non-hydrogen) atoms. The average Bonchev–Trinajstić information content (AvgIpc) is 2.46. The molecule has 0 bridgehead atoms. The van der Waals surface area contributed by atoms with Crippen LogP contribution in [0.4, 0.5) is 0 Å². The fourth-order valence-electron chi connectivity index (χ4n) is 1.89. The van der Waals surface area contributed by atoms with Crippen LogP contribution >= 0.6 is 0 Å². The number of carboxylic acid groups (broad SMARTS) is 1. The number of benzene rings is 1. The summed E-state index contributed by atoms with van der Waals surface area (Å²) in [6, 6.07) is 10.5. The quantitative estimate of drug-likeness (QED) is 0.907. The van der Waals surface area contributed by atoms with E-state index >= 15 is 0 Å². The van der Waals surface area contributed by atoms with Crippen molar-refractivity contribution in [3.63, 3.8) is 0 Å². The molecule has 1 N–H and O–H groups in total. The lowest BCUT2D eigenvalue weighted by molar-refractivity contribution is 0.0697. The van der Waals surface area contributed by atoms with Crippen LogP contribution in [-0.4, -0.2) is 16.1 Å². The van der Waals surface area contributed by atoms with Crippen molar-refractivity contribution in [3.8, 4) is 5.75 Å². The van der Waals surface area contributed by atoms with E-state index in [2.05, 4.69) is 4.98 Å². The van der Waals surface area contributed by atoms with Gasteiger partial charge in [0.1, 0.15) is 12.4 Å². The number of pyridine rings is 1. The number of ether oxygens (including phenoxy) is 1. The highest BCUT2D eigenvalue weighted by Crippen LogP contribution is 2.19. The molecule has 0 radical (unpaired) electrons. The molecule has 0 fully saturated rings. The molecule has 2 aromatic rings. The van der Waals surface area contributed by atoms with Crippen molar-refractivity contribution >= 4 is 5.97 Å². The summed E-state index contributed by atoms with van der Waals surface area (Å²) < 4.78 is 5.76. The van der Waals surface area contributed by atoms with Crippen molar-refractivity contribution in [1.29, 1.82) is 0 Å². The van der Waals surface area contributed by atoms with Crippen LogP contribution in [0.3, 0.4) is 0 Å². The molecule has 104 valence electrons. The molecule has 0 aliphatic rings. The molecule has 1 aromatic heterocycles. The molecule has 4 nitrogen and oxygen atoms in total. The average molecular weight is 271 g/mol. The maximum Gasteiger partial charge on any atom is 0.335 e.